The van der Waals surface area contributed by atoms with E-state index in [0.29, 0.717) is 5.82 Å². The van der Waals surface area contributed by atoms with E-state index < -0.39 is 0 Å². The third kappa shape index (κ3) is 3.91. The van der Waals surface area contributed by atoms with E-state index in [0.717, 1.165) is 16.3 Å². The second kappa shape index (κ2) is 7.53. The maximum absolute atomic E-state index is 12.0. The average molecular weight is 352 g/mol. The molecule has 5 nitrogen and oxygen atoms in total. The molecule has 0 fully saturated rings. The Morgan fingerprint density at radius 1 is 1.00 bits per heavy atom. The van der Waals surface area contributed by atoms with Crippen molar-refractivity contribution in [3.05, 3.63) is 54.6 Å². The van der Waals surface area contributed by atoms with Gasteiger partial charge in [0.2, 0.25) is 5.91 Å². The topological polar surface area (TPSA) is 51.0 Å². The molecule has 0 unspecified atom stereocenters. The van der Waals surface area contributed by atoms with Gasteiger partial charge in [0.1, 0.15) is 6.54 Å². The highest BCUT2D eigenvalue weighted by Gasteiger charge is 2.14. The monoisotopic (exact) mass is 352 g/mol. The zero-order chi connectivity index (χ0) is 17.8. The summed E-state index contributed by atoms with van der Waals surface area (Å²) in [5, 5.41) is 5.25. The first kappa shape index (κ1) is 17.2. The number of amides is 1. The Labute approximate surface area is 151 Å². The fourth-order valence-electron chi connectivity index (χ4n) is 2.42. The molecule has 0 aliphatic carbocycles. The number of thioether (sulfide) groups is 1. The lowest BCUT2D eigenvalue weighted by atomic mass is 10.0. The molecule has 0 aliphatic heterocycles. The maximum Gasteiger partial charge on any atom is 0.243 e. The Kier molecular flexibility index (Phi) is 5.19. The molecule has 1 amide bonds. The van der Waals surface area contributed by atoms with Gasteiger partial charge in [0.05, 0.1) is 0 Å². The molecule has 1 heterocycles. The number of hydrogen-bond acceptors (Lipinski definition) is 4. The van der Waals surface area contributed by atoms with Gasteiger partial charge in [-0.3, -0.25) is 4.79 Å². The third-order valence-corrected chi connectivity index (χ3v) is 4.52. The van der Waals surface area contributed by atoms with Crippen LogP contribution in [0.5, 0.6) is 0 Å². The van der Waals surface area contributed by atoms with Crippen LogP contribution in [0.2, 0.25) is 0 Å². The van der Waals surface area contributed by atoms with E-state index in [1.54, 1.807) is 23.7 Å². The van der Waals surface area contributed by atoms with E-state index >= 15 is 0 Å². The van der Waals surface area contributed by atoms with Crippen LogP contribution in [0.4, 0.5) is 0 Å². The number of carbonyl (C=O) groups excluding carboxylic acids is 1. The molecule has 0 aliphatic rings. The molecule has 0 spiro atoms. The second-order valence-electron chi connectivity index (χ2n) is 5.81. The van der Waals surface area contributed by atoms with Crippen molar-refractivity contribution >= 4 is 17.7 Å². The van der Waals surface area contributed by atoms with Crippen molar-refractivity contribution in [2.24, 2.45) is 0 Å². The van der Waals surface area contributed by atoms with Crippen molar-refractivity contribution in [2.75, 3.05) is 20.4 Å². The SMILES string of the molecule is CSc1nc(-c2ccc(-c3ccccc3)cc2)nn1CC(=O)N(C)C. The van der Waals surface area contributed by atoms with Crippen LogP contribution in [0.1, 0.15) is 0 Å². The van der Waals surface area contributed by atoms with Gasteiger partial charge in [0.25, 0.3) is 0 Å². The van der Waals surface area contributed by atoms with E-state index in [1.165, 1.54) is 17.3 Å². The van der Waals surface area contributed by atoms with Gasteiger partial charge in [-0.25, -0.2) is 9.67 Å². The van der Waals surface area contributed by atoms with E-state index in [-0.39, 0.29) is 12.5 Å². The summed E-state index contributed by atoms with van der Waals surface area (Å²) in [6, 6.07) is 18.4. The summed E-state index contributed by atoms with van der Waals surface area (Å²) in [7, 11) is 3.47. The predicted molar refractivity (Wildman–Crippen MR) is 101 cm³/mol. The van der Waals surface area contributed by atoms with Gasteiger partial charge >= 0.3 is 0 Å². The largest absolute Gasteiger partial charge is 0.347 e. The summed E-state index contributed by atoms with van der Waals surface area (Å²) < 4.78 is 1.66. The smallest absolute Gasteiger partial charge is 0.243 e. The van der Waals surface area contributed by atoms with Crippen LogP contribution < -0.4 is 0 Å². The summed E-state index contributed by atoms with van der Waals surface area (Å²) in [6.07, 6.45) is 1.93. The van der Waals surface area contributed by atoms with Gasteiger partial charge in [0, 0.05) is 19.7 Å². The van der Waals surface area contributed by atoms with Gasteiger partial charge in [0.15, 0.2) is 11.0 Å². The Morgan fingerprint density at radius 2 is 1.60 bits per heavy atom. The first-order valence-corrected chi connectivity index (χ1v) is 9.16. The van der Waals surface area contributed by atoms with E-state index in [4.69, 9.17) is 0 Å². The lowest BCUT2D eigenvalue weighted by molar-refractivity contribution is -0.129. The number of likely N-dealkylation sites (N-methyl/N-ethyl adjacent to an activating group) is 1. The molecule has 0 radical (unpaired) electrons. The number of benzene rings is 2. The van der Waals surface area contributed by atoms with Crippen molar-refractivity contribution in [3.8, 4) is 22.5 Å². The molecule has 1 aromatic heterocycles. The minimum Gasteiger partial charge on any atom is -0.347 e. The molecule has 6 heteroatoms. The second-order valence-corrected chi connectivity index (χ2v) is 6.58. The molecular formula is C19H20N4OS. The standard InChI is InChI=1S/C19H20N4OS/c1-22(2)17(24)13-23-19(25-3)20-18(21-23)16-11-9-15(10-12-16)14-7-5-4-6-8-14/h4-12H,13H2,1-3H3. The van der Waals surface area contributed by atoms with Crippen LogP contribution in [0.3, 0.4) is 0 Å². The van der Waals surface area contributed by atoms with Gasteiger partial charge in [-0.15, -0.1) is 5.10 Å². The molecule has 25 heavy (non-hydrogen) atoms. The number of carbonyl (C=O) groups is 1. The van der Waals surface area contributed by atoms with Crippen LogP contribution in [0.15, 0.2) is 59.8 Å². The number of rotatable bonds is 5. The molecular weight excluding hydrogens is 332 g/mol. The number of nitrogens with zero attached hydrogens (tertiary/aromatic N) is 4. The first-order valence-electron chi connectivity index (χ1n) is 7.93. The van der Waals surface area contributed by atoms with Crippen molar-refractivity contribution < 1.29 is 4.79 Å². The van der Waals surface area contributed by atoms with Crippen LogP contribution >= 0.6 is 11.8 Å². The summed E-state index contributed by atoms with van der Waals surface area (Å²) >= 11 is 1.48. The zero-order valence-corrected chi connectivity index (χ0v) is 15.3. The van der Waals surface area contributed by atoms with E-state index in [9.17, 15) is 4.79 Å². The normalized spacial score (nSPS) is 10.7. The third-order valence-electron chi connectivity index (χ3n) is 3.85. The lowest BCUT2D eigenvalue weighted by Gasteiger charge is -2.10. The summed E-state index contributed by atoms with van der Waals surface area (Å²) in [5.74, 6) is 0.627. The van der Waals surface area contributed by atoms with Gasteiger partial charge in [-0.05, 0) is 17.4 Å². The van der Waals surface area contributed by atoms with Crippen LogP contribution in [-0.2, 0) is 11.3 Å². The Hall–Kier alpha value is -2.60. The minimum atomic E-state index is -0.00817. The van der Waals surface area contributed by atoms with Crippen molar-refractivity contribution in [3.63, 3.8) is 0 Å². The number of aromatic nitrogens is 3. The van der Waals surface area contributed by atoms with Crippen LogP contribution in [0.25, 0.3) is 22.5 Å². The quantitative estimate of drug-likeness (QED) is 0.660. The fraction of sp³-hybridized carbons (Fsp3) is 0.211. The molecule has 3 aromatic rings. The minimum absolute atomic E-state index is 0.00817. The highest BCUT2D eigenvalue weighted by Crippen LogP contribution is 2.24. The van der Waals surface area contributed by atoms with Gasteiger partial charge in [-0.1, -0.05) is 66.4 Å². The fourth-order valence-corrected chi connectivity index (χ4v) is 2.91. The number of hydrogen-bond donors (Lipinski definition) is 0. The molecule has 0 saturated heterocycles. The first-order chi connectivity index (χ1) is 12.1. The lowest BCUT2D eigenvalue weighted by Crippen LogP contribution is -2.27. The highest BCUT2D eigenvalue weighted by atomic mass is 32.2. The predicted octanol–water partition coefficient (Wildman–Crippen LogP) is 3.42. The van der Waals surface area contributed by atoms with Crippen molar-refractivity contribution in [1.29, 1.82) is 0 Å². The summed E-state index contributed by atoms with van der Waals surface area (Å²) in [5.41, 5.74) is 3.26. The van der Waals surface area contributed by atoms with Crippen molar-refractivity contribution in [2.45, 2.75) is 11.7 Å². The Balaban J connectivity index is 1.87. The zero-order valence-electron chi connectivity index (χ0n) is 14.5. The molecule has 0 bridgehead atoms. The van der Waals surface area contributed by atoms with Crippen molar-refractivity contribution in [1.82, 2.24) is 19.7 Å². The Morgan fingerprint density at radius 3 is 2.20 bits per heavy atom. The molecule has 3 rings (SSSR count). The summed E-state index contributed by atoms with van der Waals surface area (Å²) in [4.78, 5) is 18.1. The van der Waals surface area contributed by atoms with Crippen LogP contribution in [-0.4, -0.2) is 45.9 Å². The maximum atomic E-state index is 12.0. The molecule has 0 atom stereocenters. The van der Waals surface area contributed by atoms with E-state index in [2.05, 4.69) is 34.3 Å². The highest BCUT2D eigenvalue weighted by molar-refractivity contribution is 7.98. The van der Waals surface area contributed by atoms with Crippen LogP contribution in [0, 0.1) is 0 Å². The van der Waals surface area contributed by atoms with E-state index in [1.807, 2.05) is 36.6 Å². The van der Waals surface area contributed by atoms with Gasteiger partial charge in [-0.2, -0.15) is 0 Å². The van der Waals surface area contributed by atoms with Gasteiger partial charge < -0.3 is 4.90 Å². The molecule has 0 N–H and O–H groups in total. The molecule has 0 saturated carbocycles. The molecule has 128 valence electrons. The summed E-state index contributed by atoms with van der Waals surface area (Å²) in [6.45, 7) is 0.193. The Bertz CT molecular complexity index is 857. The average Bonchev–Trinajstić information content (AvgIpc) is 3.05. The molecule has 2 aromatic carbocycles.